The van der Waals surface area contributed by atoms with Crippen molar-refractivity contribution in [3.63, 3.8) is 0 Å². The van der Waals surface area contributed by atoms with Crippen LogP contribution in [0.25, 0.3) is 0 Å². The standard InChI is InChI=1S/C17H23N5O5S2/c1-13-19-17(21-20-13)28-11-6-18-16(23)12-27-14-2-4-15(5-3-14)29(24,25)22-7-9-26-10-8-22/h2-5H,6-12H2,1H3,(H,18,23)(H,19,20,21). The van der Waals surface area contributed by atoms with Crippen LogP contribution in [0.5, 0.6) is 5.75 Å². The second-order valence-corrected chi connectivity index (χ2v) is 9.18. The van der Waals surface area contributed by atoms with Gasteiger partial charge in [-0.15, -0.1) is 5.10 Å². The van der Waals surface area contributed by atoms with Crippen molar-refractivity contribution in [3.05, 3.63) is 30.1 Å². The molecule has 1 aliphatic rings. The first-order chi connectivity index (χ1) is 13.9. The molecule has 12 heteroatoms. The number of morpholine rings is 1. The Morgan fingerprint density at radius 2 is 2.03 bits per heavy atom. The number of ether oxygens (including phenoxy) is 2. The van der Waals surface area contributed by atoms with Crippen molar-refractivity contribution < 1.29 is 22.7 Å². The molecule has 0 radical (unpaired) electrons. The van der Waals surface area contributed by atoms with Gasteiger partial charge in [0.05, 0.1) is 18.1 Å². The summed E-state index contributed by atoms with van der Waals surface area (Å²) < 4.78 is 37.1. The van der Waals surface area contributed by atoms with Gasteiger partial charge in [0, 0.05) is 25.4 Å². The van der Waals surface area contributed by atoms with Crippen LogP contribution >= 0.6 is 11.8 Å². The van der Waals surface area contributed by atoms with Crippen LogP contribution in [0.3, 0.4) is 0 Å². The van der Waals surface area contributed by atoms with Crippen molar-refractivity contribution in [2.24, 2.45) is 0 Å². The van der Waals surface area contributed by atoms with Crippen molar-refractivity contribution >= 4 is 27.7 Å². The number of amides is 1. The third kappa shape index (κ3) is 6.16. The summed E-state index contributed by atoms with van der Waals surface area (Å²) >= 11 is 1.44. The Hall–Kier alpha value is -2.15. The third-order valence-electron chi connectivity index (χ3n) is 4.03. The molecule has 1 aromatic heterocycles. The number of aromatic amines is 1. The second kappa shape index (κ2) is 10.1. The molecule has 0 unspecified atom stereocenters. The maximum absolute atomic E-state index is 12.6. The van der Waals surface area contributed by atoms with Gasteiger partial charge in [-0.25, -0.2) is 13.4 Å². The Morgan fingerprint density at radius 1 is 1.31 bits per heavy atom. The van der Waals surface area contributed by atoms with Gasteiger partial charge in [0.2, 0.25) is 15.2 Å². The second-order valence-electron chi connectivity index (χ2n) is 6.18. The summed E-state index contributed by atoms with van der Waals surface area (Å²) in [5, 5.41) is 10.1. The average molecular weight is 442 g/mol. The van der Waals surface area contributed by atoms with Crippen LogP contribution in [0.1, 0.15) is 5.82 Å². The number of H-pyrrole nitrogens is 1. The summed E-state index contributed by atoms with van der Waals surface area (Å²) in [5.41, 5.74) is 0. The van der Waals surface area contributed by atoms with E-state index < -0.39 is 10.0 Å². The van der Waals surface area contributed by atoms with Crippen LogP contribution in [-0.4, -0.2) is 79.0 Å². The maximum atomic E-state index is 12.6. The molecule has 0 spiro atoms. The Bertz CT molecular complexity index is 911. The van der Waals surface area contributed by atoms with Gasteiger partial charge in [0.15, 0.2) is 6.61 Å². The van der Waals surface area contributed by atoms with E-state index in [9.17, 15) is 13.2 Å². The highest BCUT2D eigenvalue weighted by Gasteiger charge is 2.26. The highest BCUT2D eigenvalue weighted by atomic mass is 32.2. The summed E-state index contributed by atoms with van der Waals surface area (Å²) in [6.07, 6.45) is 0. The number of aryl methyl sites for hydroxylation is 1. The molecular formula is C17H23N5O5S2. The zero-order valence-corrected chi connectivity index (χ0v) is 17.6. The van der Waals surface area contributed by atoms with E-state index in [1.54, 1.807) is 12.1 Å². The monoisotopic (exact) mass is 441 g/mol. The van der Waals surface area contributed by atoms with Crippen LogP contribution in [0.15, 0.2) is 34.3 Å². The predicted molar refractivity (Wildman–Crippen MR) is 106 cm³/mol. The van der Waals surface area contributed by atoms with E-state index in [-0.39, 0.29) is 17.4 Å². The van der Waals surface area contributed by atoms with E-state index >= 15 is 0 Å². The molecule has 1 aromatic carbocycles. The molecule has 1 amide bonds. The molecule has 2 N–H and O–H groups in total. The Balaban J connectivity index is 1.40. The molecule has 3 rings (SSSR count). The van der Waals surface area contributed by atoms with Crippen molar-refractivity contribution in [1.29, 1.82) is 0 Å². The lowest BCUT2D eigenvalue weighted by molar-refractivity contribution is -0.122. The molecule has 10 nitrogen and oxygen atoms in total. The molecule has 0 aliphatic carbocycles. The topological polar surface area (TPSA) is 127 Å². The van der Waals surface area contributed by atoms with Gasteiger partial charge in [0.25, 0.3) is 5.91 Å². The van der Waals surface area contributed by atoms with E-state index in [0.29, 0.717) is 49.5 Å². The molecule has 0 bridgehead atoms. The maximum Gasteiger partial charge on any atom is 0.257 e. The van der Waals surface area contributed by atoms with Crippen LogP contribution < -0.4 is 10.1 Å². The van der Waals surface area contributed by atoms with Gasteiger partial charge in [-0.3, -0.25) is 9.89 Å². The molecule has 0 saturated carbocycles. The number of rotatable bonds is 9. The highest BCUT2D eigenvalue weighted by molar-refractivity contribution is 7.99. The lowest BCUT2D eigenvalue weighted by atomic mass is 10.3. The number of nitrogens with zero attached hydrogens (tertiary/aromatic N) is 3. The summed E-state index contributed by atoms with van der Waals surface area (Å²) in [5.74, 6) is 1.54. The van der Waals surface area contributed by atoms with Crippen LogP contribution in [0, 0.1) is 6.92 Å². The normalized spacial score (nSPS) is 15.2. The fourth-order valence-electron chi connectivity index (χ4n) is 2.56. The number of carbonyl (C=O) groups is 1. The fraction of sp³-hybridized carbons (Fsp3) is 0.471. The molecule has 1 fully saturated rings. The number of hydrogen-bond acceptors (Lipinski definition) is 8. The van der Waals surface area contributed by atoms with Crippen molar-refractivity contribution in [2.45, 2.75) is 17.0 Å². The average Bonchev–Trinajstić information content (AvgIpc) is 3.15. The van der Waals surface area contributed by atoms with Crippen LogP contribution in [0.2, 0.25) is 0 Å². The Labute approximate surface area is 173 Å². The summed E-state index contributed by atoms with van der Waals surface area (Å²) in [4.78, 5) is 16.2. The summed E-state index contributed by atoms with van der Waals surface area (Å²) in [6.45, 7) is 3.60. The lowest BCUT2D eigenvalue weighted by Crippen LogP contribution is -2.40. The summed E-state index contributed by atoms with van der Waals surface area (Å²) in [6, 6.07) is 6.05. The molecular weight excluding hydrogens is 418 g/mol. The van der Waals surface area contributed by atoms with Gasteiger partial charge in [-0.05, 0) is 31.2 Å². The predicted octanol–water partition coefficient (Wildman–Crippen LogP) is 0.421. The van der Waals surface area contributed by atoms with E-state index in [4.69, 9.17) is 9.47 Å². The Kier molecular flexibility index (Phi) is 7.47. The van der Waals surface area contributed by atoms with Gasteiger partial charge in [0.1, 0.15) is 11.6 Å². The minimum absolute atomic E-state index is 0.153. The first kappa shape index (κ1) is 21.6. The number of carbonyl (C=O) groups excluding carboxylic acids is 1. The molecule has 1 saturated heterocycles. The molecule has 158 valence electrons. The number of sulfonamides is 1. The number of nitrogens with one attached hydrogen (secondary N) is 2. The van der Waals surface area contributed by atoms with Gasteiger partial charge in [-0.2, -0.15) is 4.31 Å². The van der Waals surface area contributed by atoms with E-state index in [1.165, 1.54) is 28.2 Å². The molecule has 0 atom stereocenters. The smallest absolute Gasteiger partial charge is 0.257 e. The zero-order valence-electron chi connectivity index (χ0n) is 16.0. The van der Waals surface area contributed by atoms with Gasteiger partial charge in [-0.1, -0.05) is 11.8 Å². The Morgan fingerprint density at radius 3 is 2.69 bits per heavy atom. The first-order valence-electron chi connectivity index (χ1n) is 9.04. The largest absolute Gasteiger partial charge is 0.484 e. The molecule has 29 heavy (non-hydrogen) atoms. The number of thioether (sulfide) groups is 1. The first-order valence-corrected chi connectivity index (χ1v) is 11.5. The zero-order chi connectivity index (χ0) is 20.7. The van der Waals surface area contributed by atoms with E-state index in [2.05, 4.69) is 20.5 Å². The van der Waals surface area contributed by atoms with Crippen LogP contribution in [-0.2, 0) is 19.6 Å². The summed E-state index contributed by atoms with van der Waals surface area (Å²) in [7, 11) is -3.54. The fourth-order valence-corrected chi connectivity index (χ4v) is 4.67. The van der Waals surface area contributed by atoms with Crippen molar-refractivity contribution in [2.75, 3.05) is 45.2 Å². The van der Waals surface area contributed by atoms with E-state index in [1.807, 2.05) is 6.92 Å². The van der Waals surface area contributed by atoms with Crippen molar-refractivity contribution in [1.82, 2.24) is 24.8 Å². The number of benzene rings is 1. The third-order valence-corrected chi connectivity index (χ3v) is 6.80. The molecule has 2 aromatic rings. The van der Waals surface area contributed by atoms with Gasteiger partial charge >= 0.3 is 0 Å². The highest BCUT2D eigenvalue weighted by Crippen LogP contribution is 2.20. The SMILES string of the molecule is Cc1nc(SCCNC(=O)COc2ccc(S(=O)(=O)N3CCOCC3)cc2)n[nH]1. The minimum atomic E-state index is -3.54. The molecule has 2 heterocycles. The number of hydrogen-bond donors (Lipinski definition) is 2. The van der Waals surface area contributed by atoms with Crippen LogP contribution in [0.4, 0.5) is 0 Å². The van der Waals surface area contributed by atoms with Gasteiger partial charge < -0.3 is 14.8 Å². The van der Waals surface area contributed by atoms with E-state index in [0.717, 1.165) is 5.82 Å². The lowest BCUT2D eigenvalue weighted by Gasteiger charge is -2.26. The minimum Gasteiger partial charge on any atom is -0.484 e. The van der Waals surface area contributed by atoms with Crippen molar-refractivity contribution in [3.8, 4) is 5.75 Å². The number of aromatic nitrogens is 3. The molecule has 1 aliphatic heterocycles. The quantitative estimate of drug-likeness (QED) is 0.424.